The van der Waals surface area contributed by atoms with Gasteiger partial charge in [0.05, 0.1) is 13.1 Å². The number of hydrogen-bond acceptors (Lipinski definition) is 2. The number of nitrogens with zero attached hydrogens (tertiary/aromatic N) is 1. The Morgan fingerprint density at radius 3 is 2.78 bits per heavy atom. The van der Waals surface area contributed by atoms with Gasteiger partial charge >= 0.3 is 0 Å². The molecule has 1 rings (SSSR count). The third-order valence-electron chi connectivity index (χ3n) is 2.85. The summed E-state index contributed by atoms with van der Waals surface area (Å²) in [5.74, 6) is 2.97. The predicted octanol–water partition coefficient (Wildman–Crippen LogP) is 2.78. The summed E-state index contributed by atoms with van der Waals surface area (Å²) in [5.41, 5.74) is 1.57. The van der Waals surface area contributed by atoms with Gasteiger partial charge in [-0.25, -0.2) is 0 Å². The second-order valence-electron chi connectivity index (χ2n) is 4.53. The monoisotopic (exact) mass is 448 g/mol. The van der Waals surface area contributed by atoms with Crippen LogP contribution in [0.1, 0.15) is 18.9 Å². The lowest BCUT2D eigenvalue weighted by Gasteiger charge is -2.10. The summed E-state index contributed by atoms with van der Waals surface area (Å²) >= 11 is 6.02. The number of guanidine groups is 1. The Kier molecular flexibility index (Phi) is 11.3. The average molecular weight is 449 g/mol. The van der Waals surface area contributed by atoms with Crippen LogP contribution in [-0.2, 0) is 4.79 Å². The van der Waals surface area contributed by atoms with Crippen molar-refractivity contribution in [1.29, 1.82) is 0 Å². The highest BCUT2D eigenvalue weighted by Crippen LogP contribution is 2.22. The largest absolute Gasteiger partial charge is 0.357 e. The molecule has 0 unspecified atom stereocenters. The molecular formula is C16H22ClIN4O. The zero-order chi connectivity index (χ0) is 16.4. The Bertz CT molecular complexity index is 584. The highest BCUT2D eigenvalue weighted by Gasteiger charge is 2.06. The molecule has 23 heavy (non-hydrogen) atoms. The Morgan fingerprint density at radius 1 is 1.39 bits per heavy atom. The molecule has 1 aromatic rings. The fourth-order valence-corrected chi connectivity index (χ4v) is 1.88. The molecule has 0 saturated carbocycles. The van der Waals surface area contributed by atoms with Crippen molar-refractivity contribution in [2.75, 3.05) is 25.0 Å². The molecule has 0 saturated heterocycles. The van der Waals surface area contributed by atoms with E-state index in [1.807, 2.05) is 19.9 Å². The van der Waals surface area contributed by atoms with Crippen LogP contribution in [0.2, 0.25) is 5.02 Å². The van der Waals surface area contributed by atoms with Gasteiger partial charge in [-0.05, 0) is 31.5 Å². The maximum atomic E-state index is 11.9. The van der Waals surface area contributed by atoms with E-state index in [1.165, 1.54) is 0 Å². The van der Waals surface area contributed by atoms with E-state index in [-0.39, 0.29) is 36.3 Å². The van der Waals surface area contributed by atoms with Crippen molar-refractivity contribution in [3.63, 3.8) is 0 Å². The molecule has 0 bridgehead atoms. The lowest BCUT2D eigenvalue weighted by atomic mass is 10.2. The van der Waals surface area contributed by atoms with Gasteiger partial charge in [-0.15, -0.1) is 30.4 Å². The fourth-order valence-electron chi connectivity index (χ4n) is 1.70. The molecule has 0 heterocycles. The molecule has 126 valence electrons. The Hall–Kier alpha value is -1.46. The number of terminal acetylenes is 1. The number of amides is 1. The van der Waals surface area contributed by atoms with Crippen molar-refractivity contribution in [2.24, 2.45) is 4.99 Å². The van der Waals surface area contributed by atoms with E-state index in [1.54, 1.807) is 12.1 Å². The maximum Gasteiger partial charge on any atom is 0.226 e. The highest BCUT2D eigenvalue weighted by molar-refractivity contribution is 14.0. The quantitative estimate of drug-likeness (QED) is 0.271. The van der Waals surface area contributed by atoms with E-state index in [0.29, 0.717) is 24.1 Å². The van der Waals surface area contributed by atoms with Crippen LogP contribution < -0.4 is 16.0 Å². The van der Waals surface area contributed by atoms with Gasteiger partial charge in [0.1, 0.15) is 0 Å². The molecule has 0 aliphatic carbocycles. The summed E-state index contributed by atoms with van der Waals surface area (Å²) in [6.45, 7) is 5.31. The molecule has 0 fully saturated rings. The summed E-state index contributed by atoms with van der Waals surface area (Å²) in [6, 6.07) is 5.41. The Morgan fingerprint density at radius 2 is 2.13 bits per heavy atom. The van der Waals surface area contributed by atoms with Gasteiger partial charge in [0.2, 0.25) is 5.91 Å². The zero-order valence-electron chi connectivity index (χ0n) is 13.3. The number of carbonyl (C=O) groups excluding carboxylic acids is 1. The molecule has 0 spiro atoms. The highest BCUT2D eigenvalue weighted by atomic mass is 127. The fraction of sp³-hybridized carbons (Fsp3) is 0.375. The summed E-state index contributed by atoms with van der Waals surface area (Å²) in [4.78, 5) is 16.2. The molecule has 5 nitrogen and oxygen atoms in total. The number of nitrogens with one attached hydrogen (secondary N) is 3. The van der Waals surface area contributed by atoms with E-state index in [4.69, 9.17) is 18.0 Å². The van der Waals surface area contributed by atoms with Crippen molar-refractivity contribution in [2.45, 2.75) is 20.3 Å². The van der Waals surface area contributed by atoms with Crippen LogP contribution in [0, 0.1) is 19.3 Å². The molecule has 0 aliphatic heterocycles. The normalized spacial score (nSPS) is 10.3. The lowest BCUT2D eigenvalue weighted by Crippen LogP contribution is -2.37. The molecule has 3 N–H and O–H groups in total. The minimum absolute atomic E-state index is 0. The lowest BCUT2D eigenvalue weighted by molar-refractivity contribution is -0.116. The van der Waals surface area contributed by atoms with Crippen LogP contribution in [0.25, 0.3) is 0 Å². The van der Waals surface area contributed by atoms with E-state index in [9.17, 15) is 4.79 Å². The van der Waals surface area contributed by atoms with Gasteiger partial charge in [-0.3, -0.25) is 9.79 Å². The molecule has 0 aromatic heterocycles. The summed E-state index contributed by atoms with van der Waals surface area (Å²) < 4.78 is 0. The summed E-state index contributed by atoms with van der Waals surface area (Å²) in [6.07, 6.45) is 5.47. The molecule has 0 atom stereocenters. The average Bonchev–Trinajstić information content (AvgIpc) is 2.49. The number of anilines is 1. The van der Waals surface area contributed by atoms with Gasteiger partial charge < -0.3 is 16.0 Å². The molecule has 1 amide bonds. The van der Waals surface area contributed by atoms with Crippen molar-refractivity contribution in [3.8, 4) is 12.3 Å². The third-order valence-corrected chi connectivity index (χ3v) is 3.26. The molecule has 0 radical (unpaired) electrons. The van der Waals surface area contributed by atoms with Crippen molar-refractivity contribution in [1.82, 2.24) is 10.6 Å². The van der Waals surface area contributed by atoms with Gasteiger partial charge in [-0.1, -0.05) is 23.6 Å². The van der Waals surface area contributed by atoms with E-state index in [2.05, 4.69) is 26.9 Å². The molecule has 7 heteroatoms. The number of hydrogen-bond donors (Lipinski definition) is 3. The SMILES string of the molecule is C#CCNC(=NCCC(=O)Nc1cccc(Cl)c1C)NCC.I. The smallest absolute Gasteiger partial charge is 0.226 e. The zero-order valence-corrected chi connectivity index (χ0v) is 16.4. The van der Waals surface area contributed by atoms with Gasteiger partial charge in [0, 0.05) is 23.7 Å². The van der Waals surface area contributed by atoms with E-state index < -0.39 is 0 Å². The second-order valence-corrected chi connectivity index (χ2v) is 4.94. The van der Waals surface area contributed by atoms with Gasteiger partial charge in [-0.2, -0.15) is 0 Å². The van der Waals surface area contributed by atoms with Crippen LogP contribution in [0.15, 0.2) is 23.2 Å². The first-order chi connectivity index (χ1) is 10.6. The summed E-state index contributed by atoms with van der Waals surface area (Å²) in [7, 11) is 0. The third kappa shape index (κ3) is 8.09. The van der Waals surface area contributed by atoms with Crippen molar-refractivity contribution < 1.29 is 4.79 Å². The van der Waals surface area contributed by atoms with Crippen LogP contribution in [0.3, 0.4) is 0 Å². The maximum absolute atomic E-state index is 11.9. The predicted molar refractivity (Wildman–Crippen MR) is 108 cm³/mol. The van der Waals surface area contributed by atoms with E-state index >= 15 is 0 Å². The first-order valence-electron chi connectivity index (χ1n) is 7.09. The van der Waals surface area contributed by atoms with Crippen molar-refractivity contribution >= 4 is 53.1 Å². The number of carbonyl (C=O) groups is 1. The standard InChI is InChI=1S/C16H21ClN4O.HI/c1-4-10-19-16(18-5-2)20-11-9-15(22)21-14-8-6-7-13(17)12(14)3;/h1,6-8H,5,9-11H2,2-3H3,(H,21,22)(H2,18,19,20);1H. The first kappa shape index (κ1) is 21.5. The number of aliphatic imine (C=N–C) groups is 1. The van der Waals surface area contributed by atoms with Crippen LogP contribution in [0.5, 0.6) is 0 Å². The Balaban J connectivity index is 0.00000484. The van der Waals surface area contributed by atoms with Gasteiger partial charge in [0.25, 0.3) is 0 Å². The van der Waals surface area contributed by atoms with E-state index in [0.717, 1.165) is 17.8 Å². The molecule has 0 aliphatic rings. The number of halogens is 2. The topological polar surface area (TPSA) is 65.5 Å². The van der Waals surface area contributed by atoms with Crippen LogP contribution in [-0.4, -0.2) is 31.5 Å². The van der Waals surface area contributed by atoms with Crippen LogP contribution >= 0.6 is 35.6 Å². The van der Waals surface area contributed by atoms with Crippen LogP contribution in [0.4, 0.5) is 5.69 Å². The molecular weight excluding hydrogens is 427 g/mol. The van der Waals surface area contributed by atoms with Gasteiger partial charge in [0.15, 0.2) is 5.96 Å². The minimum Gasteiger partial charge on any atom is -0.357 e. The number of benzene rings is 1. The number of rotatable bonds is 6. The Labute approximate surface area is 159 Å². The second kappa shape index (κ2) is 12.0. The minimum atomic E-state index is -0.109. The first-order valence-corrected chi connectivity index (χ1v) is 7.46. The van der Waals surface area contributed by atoms with Crippen molar-refractivity contribution in [3.05, 3.63) is 28.8 Å². The summed E-state index contributed by atoms with van der Waals surface area (Å²) in [5, 5.41) is 9.48. The molecule has 1 aromatic carbocycles.